The molecule has 0 bridgehead atoms. The van der Waals surface area contributed by atoms with E-state index in [1.54, 1.807) is 34.0 Å². The van der Waals surface area contributed by atoms with Crippen LogP contribution in [0.25, 0.3) is 5.69 Å². The van der Waals surface area contributed by atoms with Crippen molar-refractivity contribution in [1.82, 2.24) is 9.78 Å². The molecule has 2 heterocycles. The number of aliphatic hydroxyl groups is 1. The highest BCUT2D eigenvalue weighted by Gasteiger charge is 2.26. The standard InChI is InChI=1S/C20H17N3O4/c24-12-18(25)15-4-7-19-17(10-15)22(20(26)13-27-19)11-14-2-5-16(6-3-14)23-9-1-8-21-23/h1-10,24H,11-13H2. The van der Waals surface area contributed by atoms with Crippen molar-refractivity contribution >= 4 is 17.4 Å². The zero-order valence-corrected chi connectivity index (χ0v) is 14.4. The Bertz CT molecular complexity index is 981. The second-order valence-electron chi connectivity index (χ2n) is 6.15. The maximum Gasteiger partial charge on any atom is 0.265 e. The molecule has 1 aromatic heterocycles. The van der Waals surface area contributed by atoms with Gasteiger partial charge in [-0.05, 0) is 42.0 Å². The summed E-state index contributed by atoms with van der Waals surface area (Å²) in [6.07, 6.45) is 3.57. The maximum atomic E-state index is 12.4. The molecule has 0 saturated carbocycles. The molecule has 136 valence electrons. The van der Waals surface area contributed by atoms with Crippen molar-refractivity contribution in [2.75, 3.05) is 18.1 Å². The Labute approximate surface area is 155 Å². The van der Waals surface area contributed by atoms with E-state index in [0.717, 1.165) is 11.3 Å². The predicted molar refractivity (Wildman–Crippen MR) is 98.1 cm³/mol. The van der Waals surface area contributed by atoms with Crippen molar-refractivity contribution in [2.24, 2.45) is 0 Å². The van der Waals surface area contributed by atoms with Gasteiger partial charge in [-0.1, -0.05) is 12.1 Å². The first-order chi connectivity index (χ1) is 13.2. The third kappa shape index (κ3) is 3.32. The van der Waals surface area contributed by atoms with E-state index < -0.39 is 12.4 Å². The molecule has 7 nitrogen and oxygen atoms in total. The number of carbonyl (C=O) groups excluding carboxylic acids is 2. The van der Waals surface area contributed by atoms with Gasteiger partial charge in [-0.15, -0.1) is 0 Å². The number of hydrogen-bond donors (Lipinski definition) is 1. The molecule has 0 saturated heterocycles. The monoisotopic (exact) mass is 363 g/mol. The van der Waals surface area contributed by atoms with Crippen molar-refractivity contribution in [2.45, 2.75) is 6.54 Å². The minimum absolute atomic E-state index is 0.0499. The summed E-state index contributed by atoms with van der Waals surface area (Å²) in [6, 6.07) is 14.4. The van der Waals surface area contributed by atoms with Crippen molar-refractivity contribution in [3.05, 3.63) is 72.1 Å². The van der Waals surface area contributed by atoms with E-state index in [1.165, 1.54) is 0 Å². The number of nitrogens with zero attached hydrogens (tertiary/aromatic N) is 3. The number of amides is 1. The summed E-state index contributed by atoms with van der Waals surface area (Å²) in [5.74, 6) is -0.0520. The van der Waals surface area contributed by atoms with Gasteiger partial charge in [-0.2, -0.15) is 5.10 Å². The van der Waals surface area contributed by atoms with Crippen LogP contribution in [0.15, 0.2) is 60.9 Å². The van der Waals surface area contributed by atoms with E-state index >= 15 is 0 Å². The number of Topliss-reactive ketones (excluding diaryl/α,β-unsaturated/α-hetero) is 1. The van der Waals surface area contributed by atoms with Crippen LogP contribution >= 0.6 is 0 Å². The first-order valence-electron chi connectivity index (χ1n) is 8.46. The number of hydrogen-bond acceptors (Lipinski definition) is 5. The van der Waals surface area contributed by atoms with Gasteiger partial charge in [-0.3, -0.25) is 9.59 Å². The molecule has 2 aromatic carbocycles. The fourth-order valence-electron chi connectivity index (χ4n) is 3.00. The first-order valence-corrected chi connectivity index (χ1v) is 8.46. The minimum atomic E-state index is -0.581. The molecule has 0 unspecified atom stereocenters. The van der Waals surface area contributed by atoms with Crippen LogP contribution in [0.3, 0.4) is 0 Å². The van der Waals surface area contributed by atoms with Gasteiger partial charge in [0, 0.05) is 18.0 Å². The van der Waals surface area contributed by atoms with E-state index in [9.17, 15) is 9.59 Å². The molecule has 0 atom stereocenters. The Hall–Kier alpha value is -3.45. The van der Waals surface area contributed by atoms with Gasteiger partial charge in [0.05, 0.1) is 17.9 Å². The number of ether oxygens (including phenoxy) is 1. The largest absolute Gasteiger partial charge is 0.482 e. The number of carbonyl (C=O) groups is 2. The molecule has 0 radical (unpaired) electrons. The van der Waals surface area contributed by atoms with Crippen molar-refractivity contribution in [3.63, 3.8) is 0 Å². The van der Waals surface area contributed by atoms with Crippen LogP contribution < -0.4 is 9.64 Å². The molecule has 4 rings (SSSR count). The molecule has 3 aromatic rings. The molecular formula is C20H17N3O4. The Morgan fingerprint density at radius 2 is 2.00 bits per heavy atom. The Balaban J connectivity index is 1.62. The average Bonchev–Trinajstić information content (AvgIpc) is 3.24. The highest BCUT2D eigenvalue weighted by Crippen LogP contribution is 2.34. The van der Waals surface area contributed by atoms with E-state index in [-0.39, 0.29) is 12.5 Å². The van der Waals surface area contributed by atoms with E-state index in [0.29, 0.717) is 23.5 Å². The number of fused-ring (bicyclic) bond motifs is 1. The number of rotatable bonds is 5. The summed E-state index contributed by atoms with van der Waals surface area (Å²) < 4.78 is 7.22. The van der Waals surface area contributed by atoms with Crippen molar-refractivity contribution < 1.29 is 19.4 Å². The smallest absolute Gasteiger partial charge is 0.265 e. The molecular weight excluding hydrogens is 346 g/mol. The predicted octanol–water partition coefficient (Wildman–Crippen LogP) is 1.97. The van der Waals surface area contributed by atoms with Gasteiger partial charge in [0.15, 0.2) is 12.4 Å². The molecule has 0 fully saturated rings. The fraction of sp³-hybridized carbons (Fsp3) is 0.150. The number of ketones is 1. The maximum absolute atomic E-state index is 12.4. The first kappa shape index (κ1) is 17.0. The van der Waals surface area contributed by atoms with Crippen LogP contribution in [-0.4, -0.2) is 39.8 Å². The lowest BCUT2D eigenvalue weighted by atomic mass is 10.1. The number of anilines is 1. The number of benzene rings is 2. The van der Waals surface area contributed by atoms with Crippen LogP contribution in [0.5, 0.6) is 5.75 Å². The topological polar surface area (TPSA) is 84.7 Å². The quantitative estimate of drug-likeness (QED) is 0.701. The molecule has 1 N–H and O–H groups in total. The van der Waals surface area contributed by atoms with E-state index in [1.807, 2.05) is 36.5 Å². The highest BCUT2D eigenvalue weighted by atomic mass is 16.5. The molecule has 1 aliphatic heterocycles. The summed E-state index contributed by atoms with van der Waals surface area (Å²) >= 11 is 0. The van der Waals surface area contributed by atoms with Gasteiger partial charge in [-0.25, -0.2) is 4.68 Å². The van der Waals surface area contributed by atoms with Crippen LogP contribution in [0.4, 0.5) is 5.69 Å². The summed E-state index contributed by atoms with van der Waals surface area (Å²) in [7, 11) is 0. The lowest BCUT2D eigenvalue weighted by Crippen LogP contribution is -2.38. The van der Waals surface area contributed by atoms with Crippen molar-refractivity contribution in [3.8, 4) is 11.4 Å². The average molecular weight is 363 g/mol. The SMILES string of the molecule is O=C(CO)c1ccc2c(c1)N(Cc1ccc(-n3cccn3)cc1)C(=O)CO2. The van der Waals surface area contributed by atoms with E-state index in [4.69, 9.17) is 9.84 Å². The normalized spacial score (nSPS) is 13.2. The third-order valence-corrected chi connectivity index (χ3v) is 4.41. The molecule has 27 heavy (non-hydrogen) atoms. The molecule has 1 aliphatic rings. The minimum Gasteiger partial charge on any atom is -0.482 e. The van der Waals surface area contributed by atoms with Crippen LogP contribution in [0.1, 0.15) is 15.9 Å². The number of aromatic nitrogens is 2. The Morgan fingerprint density at radius 1 is 1.19 bits per heavy atom. The summed E-state index contributed by atoms with van der Waals surface area (Å²) in [5.41, 5.74) is 2.73. The molecule has 0 spiro atoms. The van der Waals surface area contributed by atoms with Gasteiger partial charge in [0.1, 0.15) is 12.4 Å². The van der Waals surface area contributed by atoms with Crippen LogP contribution in [0, 0.1) is 0 Å². The fourth-order valence-corrected chi connectivity index (χ4v) is 3.00. The van der Waals surface area contributed by atoms with Gasteiger partial charge in [0.25, 0.3) is 5.91 Å². The second-order valence-corrected chi connectivity index (χ2v) is 6.15. The lowest BCUT2D eigenvalue weighted by molar-refractivity contribution is -0.121. The van der Waals surface area contributed by atoms with Crippen LogP contribution in [0.2, 0.25) is 0 Å². The summed E-state index contributed by atoms with van der Waals surface area (Å²) in [6.45, 7) is -0.278. The summed E-state index contributed by atoms with van der Waals surface area (Å²) in [4.78, 5) is 25.8. The van der Waals surface area contributed by atoms with Gasteiger partial charge < -0.3 is 14.7 Å². The summed E-state index contributed by atoms with van der Waals surface area (Å²) in [5, 5.41) is 13.3. The van der Waals surface area contributed by atoms with Crippen LogP contribution in [-0.2, 0) is 11.3 Å². The zero-order chi connectivity index (χ0) is 18.8. The van der Waals surface area contributed by atoms with Gasteiger partial charge >= 0.3 is 0 Å². The lowest BCUT2D eigenvalue weighted by Gasteiger charge is -2.30. The molecule has 7 heteroatoms. The number of aliphatic hydroxyl groups excluding tert-OH is 1. The Morgan fingerprint density at radius 3 is 2.70 bits per heavy atom. The molecule has 1 amide bonds. The zero-order valence-electron chi connectivity index (χ0n) is 14.4. The van der Waals surface area contributed by atoms with Gasteiger partial charge in [0.2, 0.25) is 0 Å². The van der Waals surface area contributed by atoms with E-state index in [2.05, 4.69) is 5.10 Å². The highest BCUT2D eigenvalue weighted by molar-refractivity contribution is 6.02. The van der Waals surface area contributed by atoms with Crippen molar-refractivity contribution in [1.29, 1.82) is 0 Å². The third-order valence-electron chi connectivity index (χ3n) is 4.41. The second kappa shape index (κ2) is 7.05. The molecule has 0 aliphatic carbocycles. The Kier molecular flexibility index (Phi) is 4.43.